The molecule has 0 spiro atoms. The van der Waals surface area contributed by atoms with Gasteiger partial charge >= 0.3 is 0 Å². The summed E-state index contributed by atoms with van der Waals surface area (Å²) < 4.78 is 16.4. The summed E-state index contributed by atoms with van der Waals surface area (Å²) in [7, 11) is 0. The van der Waals surface area contributed by atoms with Gasteiger partial charge in [-0.3, -0.25) is 0 Å². The third kappa shape index (κ3) is 4.73. The number of halogens is 1. The first kappa shape index (κ1) is 12.4. The Kier molecular flexibility index (Phi) is 5.38. The highest BCUT2D eigenvalue weighted by molar-refractivity contribution is 9.09. The number of hydrogen-bond acceptors (Lipinski definition) is 3. The lowest BCUT2D eigenvalue weighted by Crippen LogP contribution is -2.28. The standard InChI is InChI=1S/C10H19BrO3/c1-10(2,8-11)14-6-5-13-9-3-4-12-7-9/h9H,3-8H2,1-2H3. The van der Waals surface area contributed by atoms with Gasteiger partial charge in [0.2, 0.25) is 0 Å². The van der Waals surface area contributed by atoms with Crippen molar-refractivity contribution in [2.75, 3.05) is 31.8 Å². The van der Waals surface area contributed by atoms with Gasteiger partial charge < -0.3 is 14.2 Å². The lowest BCUT2D eigenvalue weighted by Gasteiger charge is -2.22. The van der Waals surface area contributed by atoms with Gasteiger partial charge in [-0.2, -0.15) is 0 Å². The van der Waals surface area contributed by atoms with Crippen LogP contribution in [0.25, 0.3) is 0 Å². The smallest absolute Gasteiger partial charge is 0.0831 e. The molecule has 4 heteroatoms. The van der Waals surface area contributed by atoms with E-state index in [2.05, 4.69) is 29.8 Å². The molecule has 3 nitrogen and oxygen atoms in total. The molecule has 1 rings (SSSR count). The molecule has 1 atom stereocenters. The predicted octanol–water partition coefficient (Wildman–Crippen LogP) is 1.98. The molecular weight excluding hydrogens is 248 g/mol. The molecule has 1 heterocycles. The van der Waals surface area contributed by atoms with Gasteiger partial charge in [-0.15, -0.1) is 0 Å². The first-order valence-corrected chi connectivity index (χ1v) is 6.15. The largest absolute Gasteiger partial charge is 0.379 e. The van der Waals surface area contributed by atoms with E-state index in [1.54, 1.807) is 0 Å². The molecule has 0 aromatic carbocycles. The van der Waals surface area contributed by atoms with Crippen LogP contribution in [0.3, 0.4) is 0 Å². The van der Waals surface area contributed by atoms with Crippen LogP contribution in [-0.4, -0.2) is 43.5 Å². The normalized spacial score (nSPS) is 22.9. The second kappa shape index (κ2) is 6.05. The molecule has 0 radical (unpaired) electrons. The molecule has 0 amide bonds. The number of alkyl halides is 1. The minimum atomic E-state index is -0.102. The maximum absolute atomic E-state index is 5.63. The molecule has 0 N–H and O–H groups in total. The first-order valence-electron chi connectivity index (χ1n) is 5.03. The number of hydrogen-bond donors (Lipinski definition) is 0. The fourth-order valence-corrected chi connectivity index (χ4v) is 1.38. The van der Waals surface area contributed by atoms with Crippen LogP contribution in [0.5, 0.6) is 0 Å². The number of rotatable bonds is 6. The van der Waals surface area contributed by atoms with Crippen molar-refractivity contribution < 1.29 is 14.2 Å². The van der Waals surface area contributed by atoms with Crippen LogP contribution in [0.2, 0.25) is 0 Å². The Hall–Kier alpha value is 0.360. The Bertz CT molecular complexity index is 155. The summed E-state index contributed by atoms with van der Waals surface area (Å²) in [5, 5.41) is 0.840. The van der Waals surface area contributed by atoms with Crippen LogP contribution < -0.4 is 0 Å². The lowest BCUT2D eigenvalue weighted by molar-refractivity contribution is -0.0493. The minimum absolute atomic E-state index is 0.102. The molecule has 1 unspecified atom stereocenters. The van der Waals surface area contributed by atoms with Gasteiger partial charge in [0.25, 0.3) is 0 Å². The van der Waals surface area contributed by atoms with Gasteiger partial charge in [0, 0.05) is 11.9 Å². The summed E-state index contributed by atoms with van der Waals surface area (Å²) in [4.78, 5) is 0. The predicted molar refractivity (Wildman–Crippen MR) is 59.0 cm³/mol. The fraction of sp³-hybridized carbons (Fsp3) is 1.00. The van der Waals surface area contributed by atoms with Crippen molar-refractivity contribution in [3.05, 3.63) is 0 Å². The minimum Gasteiger partial charge on any atom is -0.379 e. The van der Waals surface area contributed by atoms with E-state index >= 15 is 0 Å². The quantitative estimate of drug-likeness (QED) is 0.544. The summed E-state index contributed by atoms with van der Waals surface area (Å²) in [6.45, 7) is 6.99. The summed E-state index contributed by atoms with van der Waals surface area (Å²) in [5.41, 5.74) is -0.102. The molecular formula is C10H19BrO3. The fourth-order valence-electron chi connectivity index (χ4n) is 1.22. The SMILES string of the molecule is CC(C)(CBr)OCCOC1CCOC1. The van der Waals surface area contributed by atoms with E-state index in [1.807, 2.05) is 0 Å². The molecule has 0 aliphatic carbocycles. The second-order valence-electron chi connectivity index (χ2n) is 4.10. The molecule has 1 aliphatic heterocycles. The van der Waals surface area contributed by atoms with E-state index in [-0.39, 0.29) is 11.7 Å². The van der Waals surface area contributed by atoms with Crippen molar-refractivity contribution in [2.45, 2.75) is 32.0 Å². The molecule has 84 valence electrons. The van der Waals surface area contributed by atoms with E-state index in [1.165, 1.54) is 0 Å². The van der Waals surface area contributed by atoms with Gasteiger partial charge in [-0.05, 0) is 20.3 Å². The Morgan fingerprint density at radius 1 is 1.43 bits per heavy atom. The van der Waals surface area contributed by atoms with Gasteiger partial charge in [0.15, 0.2) is 0 Å². The summed E-state index contributed by atoms with van der Waals surface area (Å²) >= 11 is 3.40. The highest BCUT2D eigenvalue weighted by Crippen LogP contribution is 2.12. The van der Waals surface area contributed by atoms with E-state index < -0.39 is 0 Å². The Balaban J connectivity index is 1.98. The van der Waals surface area contributed by atoms with E-state index in [9.17, 15) is 0 Å². The van der Waals surface area contributed by atoms with E-state index in [0.717, 1.165) is 25.0 Å². The van der Waals surface area contributed by atoms with Crippen molar-refractivity contribution >= 4 is 15.9 Å². The van der Waals surface area contributed by atoms with Gasteiger partial charge in [-0.25, -0.2) is 0 Å². The van der Waals surface area contributed by atoms with Crippen LogP contribution in [0.1, 0.15) is 20.3 Å². The maximum atomic E-state index is 5.63. The summed E-state index contributed by atoms with van der Waals surface area (Å²) in [6.07, 6.45) is 1.30. The number of ether oxygens (including phenoxy) is 3. The molecule has 1 aliphatic rings. The molecule has 1 fully saturated rings. The van der Waals surface area contributed by atoms with E-state index in [0.29, 0.717) is 13.2 Å². The molecule has 0 saturated carbocycles. The van der Waals surface area contributed by atoms with Gasteiger partial charge in [-0.1, -0.05) is 15.9 Å². The maximum Gasteiger partial charge on any atom is 0.0831 e. The third-order valence-corrected chi connectivity index (χ3v) is 3.49. The van der Waals surface area contributed by atoms with Crippen molar-refractivity contribution in [2.24, 2.45) is 0 Å². The van der Waals surface area contributed by atoms with Crippen molar-refractivity contribution in [1.29, 1.82) is 0 Å². The molecule has 0 aromatic rings. The Morgan fingerprint density at radius 3 is 2.79 bits per heavy atom. The highest BCUT2D eigenvalue weighted by Gasteiger charge is 2.18. The van der Waals surface area contributed by atoms with Gasteiger partial charge in [0.05, 0.1) is 31.5 Å². The monoisotopic (exact) mass is 266 g/mol. The summed E-state index contributed by atoms with van der Waals surface area (Å²) in [5.74, 6) is 0. The summed E-state index contributed by atoms with van der Waals surface area (Å²) in [6, 6.07) is 0. The van der Waals surface area contributed by atoms with Gasteiger partial charge in [0.1, 0.15) is 0 Å². The van der Waals surface area contributed by atoms with Crippen LogP contribution >= 0.6 is 15.9 Å². The average molecular weight is 267 g/mol. The zero-order valence-electron chi connectivity index (χ0n) is 8.92. The Morgan fingerprint density at radius 2 is 2.21 bits per heavy atom. The third-order valence-electron chi connectivity index (χ3n) is 2.14. The lowest BCUT2D eigenvalue weighted by atomic mass is 10.2. The van der Waals surface area contributed by atoms with Crippen LogP contribution in [0, 0.1) is 0 Å². The topological polar surface area (TPSA) is 27.7 Å². The molecule has 14 heavy (non-hydrogen) atoms. The first-order chi connectivity index (χ1) is 6.64. The van der Waals surface area contributed by atoms with Crippen molar-refractivity contribution in [1.82, 2.24) is 0 Å². The molecule has 1 saturated heterocycles. The molecule has 0 aromatic heterocycles. The second-order valence-corrected chi connectivity index (χ2v) is 4.66. The van der Waals surface area contributed by atoms with E-state index in [4.69, 9.17) is 14.2 Å². The average Bonchev–Trinajstić information content (AvgIpc) is 2.65. The zero-order valence-corrected chi connectivity index (χ0v) is 10.5. The van der Waals surface area contributed by atoms with Crippen LogP contribution in [0.15, 0.2) is 0 Å². The van der Waals surface area contributed by atoms with Crippen molar-refractivity contribution in [3.63, 3.8) is 0 Å². The Labute approximate surface area is 94.2 Å². The zero-order chi connectivity index (χ0) is 10.4. The highest BCUT2D eigenvalue weighted by atomic mass is 79.9. The van der Waals surface area contributed by atoms with Crippen molar-refractivity contribution in [3.8, 4) is 0 Å². The molecule has 0 bridgehead atoms. The van der Waals surface area contributed by atoms with Crippen LogP contribution in [0.4, 0.5) is 0 Å². The van der Waals surface area contributed by atoms with Crippen LogP contribution in [-0.2, 0) is 14.2 Å².